The summed E-state index contributed by atoms with van der Waals surface area (Å²) in [7, 11) is 2.09. The van der Waals surface area contributed by atoms with Crippen LogP contribution in [0.4, 0.5) is 0 Å². The van der Waals surface area contributed by atoms with Gasteiger partial charge in [-0.05, 0) is 18.6 Å². The minimum absolute atomic E-state index is 0.148. The van der Waals surface area contributed by atoms with Crippen molar-refractivity contribution >= 4 is 16.8 Å². The van der Waals surface area contributed by atoms with E-state index in [1.165, 1.54) is 22.0 Å². The number of benzene rings is 2. The van der Waals surface area contributed by atoms with E-state index in [0.29, 0.717) is 24.6 Å². The van der Waals surface area contributed by atoms with Gasteiger partial charge in [0.1, 0.15) is 0 Å². The standard InChI is InChI=1S/C26H29N5O2/c1-19-7-9-20(10-8-19)26-27-24(33-28-26)11-12-25(32)31-15-13-30(14-16-31)18-21-17-29(2)23-6-4-3-5-22(21)23/h3-10,17H,11-16,18H2,1-2H3. The highest BCUT2D eigenvalue weighted by atomic mass is 16.5. The first-order valence-electron chi connectivity index (χ1n) is 11.5. The zero-order valence-corrected chi connectivity index (χ0v) is 19.2. The van der Waals surface area contributed by atoms with Crippen molar-refractivity contribution in [2.45, 2.75) is 26.3 Å². The third-order valence-electron chi connectivity index (χ3n) is 6.43. The highest BCUT2D eigenvalue weighted by Gasteiger charge is 2.22. The molecule has 3 heterocycles. The Bertz CT molecular complexity index is 1250. The maximum atomic E-state index is 12.7. The Morgan fingerprint density at radius 3 is 2.58 bits per heavy atom. The van der Waals surface area contributed by atoms with Crippen molar-refractivity contribution in [1.29, 1.82) is 0 Å². The van der Waals surface area contributed by atoms with E-state index in [4.69, 9.17) is 4.52 Å². The number of carbonyl (C=O) groups excluding carboxylic acids is 1. The molecule has 170 valence electrons. The molecule has 7 heteroatoms. The fraction of sp³-hybridized carbons (Fsp3) is 0.346. The van der Waals surface area contributed by atoms with Crippen LogP contribution in [-0.4, -0.2) is 56.6 Å². The molecule has 0 atom stereocenters. The molecule has 0 N–H and O–H groups in total. The van der Waals surface area contributed by atoms with Gasteiger partial charge in [-0.2, -0.15) is 4.98 Å². The fourth-order valence-electron chi connectivity index (χ4n) is 4.50. The number of nitrogens with zero attached hydrogens (tertiary/aromatic N) is 5. The zero-order chi connectivity index (χ0) is 22.8. The van der Waals surface area contributed by atoms with Crippen molar-refractivity contribution in [3.05, 3.63) is 71.7 Å². The molecule has 33 heavy (non-hydrogen) atoms. The first kappa shape index (κ1) is 21.4. The quantitative estimate of drug-likeness (QED) is 0.453. The van der Waals surface area contributed by atoms with Crippen molar-refractivity contribution in [2.24, 2.45) is 7.05 Å². The molecule has 2 aromatic carbocycles. The third-order valence-corrected chi connectivity index (χ3v) is 6.43. The van der Waals surface area contributed by atoms with Gasteiger partial charge in [-0.3, -0.25) is 9.69 Å². The van der Waals surface area contributed by atoms with Crippen LogP contribution in [0.3, 0.4) is 0 Å². The second-order valence-electron chi connectivity index (χ2n) is 8.82. The van der Waals surface area contributed by atoms with Crippen molar-refractivity contribution in [3.63, 3.8) is 0 Å². The van der Waals surface area contributed by atoms with E-state index in [-0.39, 0.29) is 5.91 Å². The highest BCUT2D eigenvalue weighted by molar-refractivity contribution is 5.83. The number of hydrogen-bond donors (Lipinski definition) is 0. The van der Waals surface area contributed by atoms with E-state index in [2.05, 4.69) is 57.1 Å². The summed E-state index contributed by atoms with van der Waals surface area (Å²) in [6.45, 7) is 6.22. The van der Waals surface area contributed by atoms with Crippen LogP contribution >= 0.6 is 0 Å². The van der Waals surface area contributed by atoms with Crippen LogP contribution in [-0.2, 0) is 24.8 Å². The number of para-hydroxylation sites is 1. The number of aryl methyl sites for hydroxylation is 3. The van der Waals surface area contributed by atoms with Crippen LogP contribution in [0.2, 0.25) is 0 Å². The van der Waals surface area contributed by atoms with Gasteiger partial charge in [0.05, 0.1) is 0 Å². The SMILES string of the molecule is Cc1ccc(-c2noc(CCC(=O)N3CCN(Cc4cn(C)c5ccccc45)CC3)n2)cc1. The Kier molecular flexibility index (Phi) is 5.96. The molecule has 1 fully saturated rings. The summed E-state index contributed by atoms with van der Waals surface area (Å²) in [5, 5.41) is 5.37. The molecule has 1 saturated heterocycles. The summed E-state index contributed by atoms with van der Waals surface area (Å²) in [6, 6.07) is 16.5. The first-order valence-corrected chi connectivity index (χ1v) is 11.5. The lowest BCUT2D eigenvalue weighted by Gasteiger charge is -2.34. The molecule has 5 rings (SSSR count). The molecular weight excluding hydrogens is 414 g/mol. The average molecular weight is 444 g/mol. The maximum Gasteiger partial charge on any atom is 0.227 e. The molecule has 0 saturated carbocycles. The Morgan fingerprint density at radius 2 is 1.79 bits per heavy atom. The fourth-order valence-corrected chi connectivity index (χ4v) is 4.50. The molecule has 2 aromatic heterocycles. The Balaban J connectivity index is 1.12. The zero-order valence-electron chi connectivity index (χ0n) is 19.2. The van der Waals surface area contributed by atoms with Gasteiger partial charge in [0.25, 0.3) is 0 Å². The van der Waals surface area contributed by atoms with Crippen LogP contribution in [0.15, 0.2) is 59.3 Å². The van der Waals surface area contributed by atoms with Gasteiger partial charge in [0.15, 0.2) is 0 Å². The predicted molar refractivity (Wildman–Crippen MR) is 128 cm³/mol. The van der Waals surface area contributed by atoms with Gasteiger partial charge in [0.2, 0.25) is 17.6 Å². The normalized spacial score (nSPS) is 14.8. The van der Waals surface area contributed by atoms with Gasteiger partial charge < -0.3 is 14.0 Å². The lowest BCUT2D eigenvalue weighted by atomic mass is 10.1. The van der Waals surface area contributed by atoms with E-state index in [1.54, 1.807) is 0 Å². The molecule has 0 unspecified atom stereocenters. The number of carbonyl (C=O) groups is 1. The Hall–Kier alpha value is -3.45. The number of amides is 1. The van der Waals surface area contributed by atoms with E-state index in [9.17, 15) is 4.79 Å². The Labute approximate surface area is 193 Å². The molecule has 0 bridgehead atoms. The number of piperazine rings is 1. The van der Waals surface area contributed by atoms with Crippen molar-refractivity contribution < 1.29 is 9.32 Å². The van der Waals surface area contributed by atoms with Crippen molar-refractivity contribution in [1.82, 2.24) is 24.5 Å². The minimum atomic E-state index is 0.148. The number of fused-ring (bicyclic) bond motifs is 1. The van der Waals surface area contributed by atoms with Gasteiger partial charge in [0, 0.05) is 75.3 Å². The lowest BCUT2D eigenvalue weighted by molar-refractivity contribution is -0.133. The maximum absolute atomic E-state index is 12.7. The van der Waals surface area contributed by atoms with Gasteiger partial charge in [-0.1, -0.05) is 53.2 Å². The van der Waals surface area contributed by atoms with Crippen LogP contribution < -0.4 is 0 Å². The third kappa shape index (κ3) is 4.68. The molecule has 1 aliphatic heterocycles. The lowest BCUT2D eigenvalue weighted by Crippen LogP contribution is -2.48. The number of rotatable bonds is 6. The Morgan fingerprint density at radius 1 is 1.03 bits per heavy atom. The van der Waals surface area contributed by atoms with E-state index in [0.717, 1.165) is 38.3 Å². The number of hydrogen-bond acceptors (Lipinski definition) is 5. The van der Waals surface area contributed by atoms with E-state index >= 15 is 0 Å². The summed E-state index contributed by atoms with van der Waals surface area (Å²) in [6.07, 6.45) is 3.07. The van der Waals surface area contributed by atoms with Crippen molar-refractivity contribution in [2.75, 3.05) is 26.2 Å². The van der Waals surface area contributed by atoms with Crippen LogP contribution in [0.25, 0.3) is 22.3 Å². The summed E-state index contributed by atoms with van der Waals surface area (Å²) in [5.74, 6) is 1.22. The molecule has 1 aliphatic rings. The first-order chi connectivity index (χ1) is 16.1. The smallest absolute Gasteiger partial charge is 0.227 e. The second-order valence-corrected chi connectivity index (χ2v) is 8.82. The van der Waals surface area contributed by atoms with Crippen molar-refractivity contribution in [3.8, 4) is 11.4 Å². The summed E-state index contributed by atoms with van der Waals surface area (Å²) >= 11 is 0. The predicted octanol–water partition coefficient (Wildman–Crippen LogP) is 3.81. The summed E-state index contributed by atoms with van der Waals surface area (Å²) in [4.78, 5) is 21.6. The molecule has 0 spiro atoms. The highest BCUT2D eigenvalue weighted by Crippen LogP contribution is 2.22. The second kappa shape index (κ2) is 9.19. The van der Waals surface area contributed by atoms with Gasteiger partial charge in [-0.25, -0.2) is 0 Å². The molecular formula is C26H29N5O2. The van der Waals surface area contributed by atoms with E-state index < -0.39 is 0 Å². The monoisotopic (exact) mass is 443 g/mol. The van der Waals surface area contributed by atoms with Gasteiger partial charge >= 0.3 is 0 Å². The van der Waals surface area contributed by atoms with E-state index in [1.807, 2.05) is 36.1 Å². The van der Waals surface area contributed by atoms with Gasteiger partial charge in [-0.15, -0.1) is 0 Å². The minimum Gasteiger partial charge on any atom is -0.350 e. The molecule has 4 aromatic rings. The van der Waals surface area contributed by atoms with Crippen LogP contribution in [0.1, 0.15) is 23.4 Å². The van der Waals surface area contributed by atoms with Crippen LogP contribution in [0, 0.1) is 6.92 Å². The largest absolute Gasteiger partial charge is 0.350 e. The molecule has 7 nitrogen and oxygen atoms in total. The van der Waals surface area contributed by atoms with Crippen LogP contribution in [0.5, 0.6) is 0 Å². The summed E-state index contributed by atoms with van der Waals surface area (Å²) in [5.41, 5.74) is 4.70. The number of aromatic nitrogens is 3. The average Bonchev–Trinajstić information content (AvgIpc) is 3.44. The molecule has 0 aliphatic carbocycles. The molecule has 0 radical (unpaired) electrons. The topological polar surface area (TPSA) is 67.4 Å². The molecule has 1 amide bonds. The summed E-state index contributed by atoms with van der Waals surface area (Å²) < 4.78 is 7.55.